The van der Waals surface area contributed by atoms with Crippen LogP contribution in [-0.4, -0.2) is 40.6 Å². The van der Waals surface area contributed by atoms with E-state index in [-0.39, 0.29) is 23.4 Å². The molecule has 1 aromatic rings. The van der Waals surface area contributed by atoms with Crippen LogP contribution >= 0.6 is 0 Å². The summed E-state index contributed by atoms with van der Waals surface area (Å²) in [4.78, 5) is 31.0. The van der Waals surface area contributed by atoms with E-state index in [1.165, 1.54) is 7.11 Å². The number of carbonyl (C=O) groups is 1. The van der Waals surface area contributed by atoms with Gasteiger partial charge in [-0.05, 0) is 12.8 Å². The molecule has 19 heavy (non-hydrogen) atoms. The van der Waals surface area contributed by atoms with Crippen molar-refractivity contribution in [1.82, 2.24) is 9.97 Å². The van der Waals surface area contributed by atoms with Crippen LogP contribution in [0, 0.1) is 10.1 Å². The van der Waals surface area contributed by atoms with Crippen molar-refractivity contribution in [1.29, 1.82) is 0 Å². The van der Waals surface area contributed by atoms with Gasteiger partial charge in [0, 0.05) is 6.54 Å². The standard InChI is InChI=1S/C10H13N5O4/c1-19-9(16)6-3-2-4-14(6)10-12-5-7(15(17)18)8(11)13-10/h5-6H,2-4H2,1H3,(H2,11,12,13). The third-order valence-electron chi connectivity index (χ3n) is 2.96. The number of esters is 1. The number of nitrogens with zero attached hydrogens (tertiary/aromatic N) is 4. The average Bonchev–Trinajstić information content (AvgIpc) is 2.86. The second-order valence-corrected chi connectivity index (χ2v) is 4.07. The van der Waals surface area contributed by atoms with Crippen LogP contribution in [-0.2, 0) is 9.53 Å². The lowest BCUT2D eigenvalue weighted by atomic mass is 10.2. The van der Waals surface area contributed by atoms with Crippen molar-refractivity contribution in [3.05, 3.63) is 16.3 Å². The van der Waals surface area contributed by atoms with Crippen LogP contribution in [0.2, 0.25) is 0 Å². The SMILES string of the molecule is COC(=O)C1CCCN1c1ncc([N+](=O)[O-])c(N)n1. The number of nitrogens with two attached hydrogens (primary N) is 1. The first kappa shape index (κ1) is 13.0. The van der Waals surface area contributed by atoms with E-state index in [2.05, 4.69) is 9.97 Å². The molecule has 0 spiro atoms. The molecule has 0 saturated carbocycles. The molecule has 0 radical (unpaired) electrons. The third-order valence-corrected chi connectivity index (χ3v) is 2.96. The molecular formula is C10H13N5O4. The van der Waals surface area contributed by atoms with E-state index in [9.17, 15) is 14.9 Å². The van der Waals surface area contributed by atoms with Gasteiger partial charge in [0.1, 0.15) is 12.2 Å². The molecule has 9 nitrogen and oxygen atoms in total. The van der Waals surface area contributed by atoms with Crippen molar-refractivity contribution in [2.24, 2.45) is 0 Å². The van der Waals surface area contributed by atoms with E-state index >= 15 is 0 Å². The Labute approximate surface area is 108 Å². The number of aromatic nitrogens is 2. The maximum atomic E-state index is 11.6. The summed E-state index contributed by atoms with van der Waals surface area (Å²) in [7, 11) is 1.31. The second-order valence-electron chi connectivity index (χ2n) is 4.07. The molecule has 1 saturated heterocycles. The summed E-state index contributed by atoms with van der Waals surface area (Å²) in [6.07, 6.45) is 2.47. The molecule has 1 unspecified atom stereocenters. The van der Waals surface area contributed by atoms with Crippen molar-refractivity contribution in [2.45, 2.75) is 18.9 Å². The van der Waals surface area contributed by atoms with Crippen molar-refractivity contribution in [3.63, 3.8) is 0 Å². The predicted molar refractivity (Wildman–Crippen MR) is 65.5 cm³/mol. The van der Waals surface area contributed by atoms with Crippen molar-refractivity contribution < 1.29 is 14.5 Å². The summed E-state index contributed by atoms with van der Waals surface area (Å²) in [5.41, 5.74) is 5.16. The summed E-state index contributed by atoms with van der Waals surface area (Å²) >= 11 is 0. The minimum atomic E-state index is -0.652. The normalized spacial score (nSPS) is 18.4. The summed E-state index contributed by atoms with van der Waals surface area (Å²) in [5.74, 6) is -0.389. The first-order chi connectivity index (χ1) is 9.04. The smallest absolute Gasteiger partial charge is 0.329 e. The Morgan fingerprint density at radius 1 is 1.68 bits per heavy atom. The number of ether oxygens (including phenoxy) is 1. The number of rotatable bonds is 3. The highest BCUT2D eigenvalue weighted by atomic mass is 16.6. The molecule has 9 heteroatoms. The largest absolute Gasteiger partial charge is 0.467 e. The zero-order chi connectivity index (χ0) is 14.0. The number of anilines is 2. The lowest BCUT2D eigenvalue weighted by Gasteiger charge is -2.22. The van der Waals surface area contributed by atoms with Crippen molar-refractivity contribution in [3.8, 4) is 0 Å². The van der Waals surface area contributed by atoms with Gasteiger partial charge in [0.15, 0.2) is 0 Å². The van der Waals surface area contributed by atoms with Crippen LogP contribution in [0.15, 0.2) is 6.20 Å². The number of carbonyl (C=O) groups excluding carboxylic acids is 1. The fourth-order valence-electron chi connectivity index (χ4n) is 2.05. The number of hydrogen-bond acceptors (Lipinski definition) is 8. The number of nitro groups is 1. The Balaban J connectivity index is 2.29. The van der Waals surface area contributed by atoms with Gasteiger partial charge in [-0.2, -0.15) is 4.98 Å². The highest BCUT2D eigenvalue weighted by Gasteiger charge is 2.33. The average molecular weight is 267 g/mol. The summed E-state index contributed by atoms with van der Waals surface area (Å²) in [6.45, 7) is 0.580. The Morgan fingerprint density at radius 2 is 2.42 bits per heavy atom. The second kappa shape index (κ2) is 5.04. The number of methoxy groups -OCH3 is 1. The van der Waals surface area contributed by atoms with E-state index < -0.39 is 11.0 Å². The van der Waals surface area contributed by atoms with Crippen LogP contribution in [0.4, 0.5) is 17.5 Å². The lowest BCUT2D eigenvalue weighted by molar-refractivity contribution is -0.384. The van der Waals surface area contributed by atoms with Crippen LogP contribution in [0.3, 0.4) is 0 Å². The molecule has 2 heterocycles. The Morgan fingerprint density at radius 3 is 3.00 bits per heavy atom. The van der Waals surface area contributed by atoms with E-state index in [1.54, 1.807) is 4.90 Å². The molecule has 1 aliphatic heterocycles. The molecule has 1 aliphatic rings. The fourth-order valence-corrected chi connectivity index (χ4v) is 2.05. The first-order valence-corrected chi connectivity index (χ1v) is 5.66. The zero-order valence-corrected chi connectivity index (χ0v) is 10.3. The zero-order valence-electron chi connectivity index (χ0n) is 10.3. The summed E-state index contributed by atoms with van der Waals surface area (Å²) < 4.78 is 4.70. The van der Waals surface area contributed by atoms with Gasteiger partial charge in [-0.1, -0.05) is 0 Å². The first-order valence-electron chi connectivity index (χ1n) is 5.66. The fraction of sp³-hybridized carbons (Fsp3) is 0.500. The third kappa shape index (κ3) is 2.39. The molecule has 0 aliphatic carbocycles. The maximum absolute atomic E-state index is 11.6. The quantitative estimate of drug-likeness (QED) is 0.464. The monoisotopic (exact) mass is 267 g/mol. The molecule has 2 N–H and O–H groups in total. The van der Waals surface area contributed by atoms with Gasteiger partial charge in [0.25, 0.3) is 0 Å². The number of nitrogen functional groups attached to an aromatic ring is 1. The lowest BCUT2D eigenvalue weighted by Crippen LogP contribution is -2.38. The molecular weight excluding hydrogens is 254 g/mol. The van der Waals surface area contributed by atoms with Gasteiger partial charge in [0.05, 0.1) is 12.0 Å². The molecule has 1 aromatic heterocycles. The van der Waals surface area contributed by atoms with E-state index in [0.717, 1.165) is 12.6 Å². The van der Waals surface area contributed by atoms with Gasteiger partial charge in [0.2, 0.25) is 11.8 Å². The molecule has 1 atom stereocenters. The molecule has 0 amide bonds. The van der Waals surface area contributed by atoms with E-state index in [1.807, 2.05) is 0 Å². The maximum Gasteiger partial charge on any atom is 0.329 e. The highest BCUT2D eigenvalue weighted by Crippen LogP contribution is 2.26. The predicted octanol–water partition coefficient (Wildman–Crippen LogP) is 0.109. The van der Waals surface area contributed by atoms with Crippen molar-refractivity contribution >= 4 is 23.4 Å². The van der Waals surface area contributed by atoms with Crippen LogP contribution in [0.25, 0.3) is 0 Å². The number of hydrogen-bond donors (Lipinski definition) is 1. The van der Waals surface area contributed by atoms with Gasteiger partial charge in [-0.3, -0.25) is 10.1 Å². The molecule has 0 aromatic carbocycles. The Bertz CT molecular complexity index is 521. The van der Waals surface area contributed by atoms with Gasteiger partial charge in [-0.25, -0.2) is 9.78 Å². The molecule has 2 rings (SSSR count). The Hall–Kier alpha value is -2.45. The summed E-state index contributed by atoms with van der Waals surface area (Å²) in [5, 5.41) is 10.6. The van der Waals surface area contributed by atoms with Gasteiger partial charge in [-0.15, -0.1) is 0 Å². The van der Waals surface area contributed by atoms with Crippen LogP contribution in [0.5, 0.6) is 0 Å². The van der Waals surface area contributed by atoms with Gasteiger partial charge >= 0.3 is 11.7 Å². The minimum absolute atomic E-state index is 0.205. The molecule has 102 valence electrons. The Kier molecular flexibility index (Phi) is 3.45. The van der Waals surface area contributed by atoms with E-state index in [4.69, 9.17) is 10.5 Å². The van der Waals surface area contributed by atoms with Crippen LogP contribution in [0.1, 0.15) is 12.8 Å². The van der Waals surface area contributed by atoms with Crippen molar-refractivity contribution in [2.75, 3.05) is 24.3 Å². The molecule has 0 bridgehead atoms. The summed E-state index contributed by atoms with van der Waals surface area (Å²) in [6, 6.07) is -0.467. The van der Waals surface area contributed by atoms with Crippen LogP contribution < -0.4 is 10.6 Å². The van der Waals surface area contributed by atoms with E-state index in [0.29, 0.717) is 13.0 Å². The topological polar surface area (TPSA) is 124 Å². The van der Waals surface area contributed by atoms with Gasteiger partial charge < -0.3 is 15.4 Å². The molecule has 1 fully saturated rings. The highest BCUT2D eigenvalue weighted by molar-refractivity contribution is 5.80. The minimum Gasteiger partial charge on any atom is -0.467 e.